The summed E-state index contributed by atoms with van der Waals surface area (Å²) in [4.78, 5) is 28.3. The number of benzene rings is 2. The molecule has 2 amide bonds. The molecule has 2 aromatic carbocycles. The van der Waals surface area contributed by atoms with Crippen LogP contribution < -0.4 is 14.4 Å². The van der Waals surface area contributed by atoms with Crippen LogP contribution in [0.5, 0.6) is 5.75 Å². The Morgan fingerprint density at radius 3 is 2.11 bits per heavy atom. The monoisotopic (exact) mass is 531 g/mol. The SMILES string of the molecule is CCCCNC(=O)[C@H](CC)N(Cc1ccc(OC)cc1)C(=O)CN(c1ccc(C(C)C)cc1)S(C)(=O)=O. The van der Waals surface area contributed by atoms with Crippen molar-refractivity contribution in [2.45, 2.75) is 65.5 Å². The quantitative estimate of drug-likeness (QED) is 0.367. The first kappa shape index (κ1) is 30.2. The van der Waals surface area contributed by atoms with Crippen LogP contribution in [-0.4, -0.2) is 57.6 Å². The molecule has 0 spiro atoms. The first-order chi connectivity index (χ1) is 17.5. The highest BCUT2D eigenvalue weighted by molar-refractivity contribution is 7.92. The topological polar surface area (TPSA) is 96.0 Å². The van der Waals surface area contributed by atoms with Crippen molar-refractivity contribution in [1.29, 1.82) is 0 Å². The van der Waals surface area contributed by atoms with Gasteiger partial charge in [-0.25, -0.2) is 8.42 Å². The summed E-state index contributed by atoms with van der Waals surface area (Å²) in [5.41, 5.74) is 2.28. The molecule has 0 saturated carbocycles. The van der Waals surface area contributed by atoms with Gasteiger partial charge in [0.2, 0.25) is 21.8 Å². The smallest absolute Gasteiger partial charge is 0.244 e. The lowest BCUT2D eigenvalue weighted by Gasteiger charge is -2.33. The molecule has 1 N–H and O–H groups in total. The average Bonchev–Trinajstić information content (AvgIpc) is 2.87. The van der Waals surface area contributed by atoms with Crippen LogP contribution in [-0.2, 0) is 26.2 Å². The fourth-order valence-corrected chi connectivity index (χ4v) is 4.84. The van der Waals surface area contributed by atoms with Crippen LogP contribution in [0.3, 0.4) is 0 Å². The maximum absolute atomic E-state index is 13.7. The maximum Gasteiger partial charge on any atom is 0.244 e. The van der Waals surface area contributed by atoms with Gasteiger partial charge < -0.3 is 15.0 Å². The lowest BCUT2D eigenvalue weighted by molar-refractivity contribution is -0.140. The van der Waals surface area contributed by atoms with Crippen LogP contribution in [0.25, 0.3) is 0 Å². The van der Waals surface area contributed by atoms with E-state index >= 15 is 0 Å². The van der Waals surface area contributed by atoms with Crippen molar-refractivity contribution < 1.29 is 22.7 Å². The molecule has 0 aliphatic rings. The van der Waals surface area contributed by atoms with Crippen molar-refractivity contribution in [3.05, 3.63) is 59.7 Å². The third kappa shape index (κ3) is 8.77. The van der Waals surface area contributed by atoms with Gasteiger partial charge in [-0.1, -0.05) is 58.4 Å². The molecule has 0 heterocycles. The highest BCUT2D eigenvalue weighted by Gasteiger charge is 2.31. The van der Waals surface area contributed by atoms with Gasteiger partial charge in [0.15, 0.2) is 0 Å². The van der Waals surface area contributed by atoms with E-state index in [4.69, 9.17) is 4.74 Å². The summed E-state index contributed by atoms with van der Waals surface area (Å²) in [5.74, 6) is 0.273. The van der Waals surface area contributed by atoms with Gasteiger partial charge in [-0.2, -0.15) is 0 Å². The number of anilines is 1. The van der Waals surface area contributed by atoms with Gasteiger partial charge >= 0.3 is 0 Å². The summed E-state index contributed by atoms with van der Waals surface area (Å²) in [5, 5.41) is 2.92. The van der Waals surface area contributed by atoms with Gasteiger partial charge in [0.05, 0.1) is 19.1 Å². The molecule has 0 aromatic heterocycles. The predicted octanol–water partition coefficient (Wildman–Crippen LogP) is 4.31. The number of amides is 2. The lowest BCUT2D eigenvalue weighted by atomic mass is 10.0. The van der Waals surface area contributed by atoms with Crippen molar-refractivity contribution in [3.8, 4) is 5.75 Å². The Labute approximate surface area is 222 Å². The van der Waals surface area contributed by atoms with E-state index in [1.807, 2.05) is 38.1 Å². The predicted molar refractivity (Wildman–Crippen MR) is 148 cm³/mol. The minimum Gasteiger partial charge on any atom is -0.497 e. The van der Waals surface area contributed by atoms with Crippen molar-refractivity contribution in [1.82, 2.24) is 10.2 Å². The van der Waals surface area contributed by atoms with E-state index in [1.54, 1.807) is 31.4 Å². The van der Waals surface area contributed by atoms with E-state index in [0.717, 1.165) is 34.5 Å². The zero-order valence-corrected chi connectivity index (χ0v) is 23.7. The van der Waals surface area contributed by atoms with E-state index in [2.05, 4.69) is 19.2 Å². The van der Waals surface area contributed by atoms with Gasteiger partial charge in [-0.3, -0.25) is 13.9 Å². The Morgan fingerprint density at radius 1 is 1.00 bits per heavy atom. The van der Waals surface area contributed by atoms with Gasteiger partial charge in [-0.15, -0.1) is 0 Å². The summed E-state index contributed by atoms with van der Waals surface area (Å²) in [7, 11) is -2.19. The third-order valence-corrected chi connectivity index (χ3v) is 7.39. The summed E-state index contributed by atoms with van der Waals surface area (Å²) in [6, 6.07) is 13.7. The Kier molecular flexibility index (Phi) is 11.4. The van der Waals surface area contributed by atoms with Crippen molar-refractivity contribution in [3.63, 3.8) is 0 Å². The summed E-state index contributed by atoms with van der Waals surface area (Å²) < 4.78 is 31.8. The van der Waals surface area contributed by atoms with Gasteiger partial charge in [-0.05, 0) is 54.2 Å². The molecule has 0 aliphatic heterocycles. The molecule has 204 valence electrons. The lowest BCUT2D eigenvalue weighted by Crippen LogP contribution is -2.52. The number of ether oxygens (including phenoxy) is 1. The second-order valence-corrected chi connectivity index (χ2v) is 11.4. The van der Waals surface area contributed by atoms with Gasteiger partial charge in [0, 0.05) is 13.1 Å². The first-order valence-electron chi connectivity index (χ1n) is 12.8. The van der Waals surface area contributed by atoms with Crippen LogP contribution in [0.4, 0.5) is 5.69 Å². The summed E-state index contributed by atoms with van der Waals surface area (Å²) >= 11 is 0. The van der Waals surface area contributed by atoms with E-state index in [1.165, 1.54) is 4.90 Å². The van der Waals surface area contributed by atoms with Gasteiger partial charge in [0.1, 0.15) is 18.3 Å². The van der Waals surface area contributed by atoms with E-state index < -0.39 is 28.5 Å². The van der Waals surface area contributed by atoms with Crippen LogP contribution in [0.15, 0.2) is 48.5 Å². The van der Waals surface area contributed by atoms with Crippen LogP contribution >= 0.6 is 0 Å². The first-order valence-corrected chi connectivity index (χ1v) is 14.6. The molecule has 1 atom stereocenters. The largest absolute Gasteiger partial charge is 0.497 e. The molecule has 0 bridgehead atoms. The second kappa shape index (κ2) is 14.0. The Hall–Kier alpha value is -3.07. The molecule has 0 saturated heterocycles. The molecule has 9 heteroatoms. The minimum atomic E-state index is -3.76. The number of hydrogen-bond acceptors (Lipinski definition) is 5. The fourth-order valence-electron chi connectivity index (χ4n) is 3.99. The van der Waals surface area contributed by atoms with E-state index in [0.29, 0.717) is 30.3 Å². The third-order valence-electron chi connectivity index (χ3n) is 6.25. The normalized spacial score (nSPS) is 12.2. The Balaban J connectivity index is 2.40. The molecule has 8 nitrogen and oxygen atoms in total. The number of nitrogens with zero attached hydrogens (tertiary/aromatic N) is 2. The van der Waals surface area contributed by atoms with Crippen LogP contribution in [0.1, 0.15) is 64.0 Å². The molecule has 0 aliphatic carbocycles. The summed E-state index contributed by atoms with van der Waals surface area (Å²) in [6.07, 6.45) is 3.24. The number of methoxy groups -OCH3 is 1. The zero-order chi connectivity index (χ0) is 27.6. The molecule has 0 fully saturated rings. The van der Waals surface area contributed by atoms with Crippen LogP contribution in [0, 0.1) is 0 Å². The van der Waals surface area contributed by atoms with Crippen LogP contribution in [0.2, 0.25) is 0 Å². The Morgan fingerprint density at radius 2 is 1.62 bits per heavy atom. The highest BCUT2D eigenvalue weighted by atomic mass is 32.2. The fraction of sp³-hybridized carbons (Fsp3) is 0.500. The molecule has 2 aromatic rings. The van der Waals surface area contributed by atoms with Crippen molar-refractivity contribution in [2.75, 3.05) is 30.8 Å². The number of carbonyl (C=O) groups excluding carboxylic acids is 2. The molecular formula is C28H41N3O5S. The second-order valence-electron chi connectivity index (χ2n) is 9.45. The number of nitrogens with one attached hydrogen (secondary N) is 1. The number of sulfonamides is 1. The zero-order valence-electron chi connectivity index (χ0n) is 22.9. The van der Waals surface area contributed by atoms with Crippen molar-refractivity contribution >= 4 is 27.5 Å². The summed E-state index contributed by atoms with van der Waals surface area (Å²) in [6.45, 7) is 8.27. The maximum atomic E-state index is 13.7. The van der Waals surface area contributed by atoms with Gasteiger partial charge in [0.25, 0.3) is 0 Å². The minimum absolute atomic E-state index is 0.159. The van der Waals surface area contributed by atoms with Crippen molar-refractivity contribution in [2.24, 2.45) is 0 Å². The van der Waals surface area contributed by atoms with E-state index in [9.17, 15) is 18.0 Å². The molecule has 0 unspecified atom stereocenters. The number of hydrogen-bond donors (Lipinski definition) is 1. The molecule has 37 heavy (non-hydrogen) atoms. The number of carbonyl (C=O) groups is 2. The Bertz CT molecular complexity index is 1120. The number of rotatable bonds is 14. The van der Waals surface area contributed by atoms with E-state index in [-0.39, 0.29) is 12.5 Å². The average molecular weight is 532 g/mol. The highest BCUT2D eigenvalue weighted by Crippen LogP contribution is 2.23. The molecular weight excluding hydrogens is 490 g/mol. The number of unbranched alkanes of at least 4 members (excludes halogenated alkanes) is 1. The molecule has 0 radical (unpaired) electrons. The molecule has 2 rings (SSSR count). The standard InChI is InChI=1S/C28H41N3O5S/c1-7-9-18-29-28(33)26(8-2)30(19-22-10-16-25(36-5)17-11-22)27(32)20-31(37(6,34)35)24-14-12-23(13-15-24)21(3)4/h10-17,21,26H,7-9,18-20H2,1-6H3,(H,29,33)/t26-/m0/s1.